The van der Waals surface area contributed by atoms with Crippen molar-refractivity contribution in [2.75, 3.05) is 110 Å². The van der Waals surface area contributed by atoms with E-state index in [0.29, 0.717) is 155 Å². The van der Waals surface area contributed by atoms with Crippen LogP contribution in [0.1, 0.15) is 347 Å². The van der Waals surface area contributed by atoms with E-state index in [0.717, 1.165) is 60.6 Å². The Morgan fingerprint density at radius 2 is 0.885 bits per heavy atom. The van der Waals surface area contributed by atoms with Gasteiger partial charge in [0, 0.05) is 134 Å². The van der Waals surface area contributed by atoms with Crippen LogP contribution in [0.5, 0.6) is 0 Å². The Morgan fingerprint density at radius 1 is 0.459 bits per heavy atom. The number of anilines is 2. The zero-order valence-electron chi connectivity index (χ0n) is 88.4. The topological polar surface area (TPSA) is 512 Å². The van der Waals surface area contributed by atoms with Gasteiger partial charge in [-0.3, -0.25) is 66.9 Å². The van der Waals surface area contributed by atoms with Crippen molar-refractivity contribution in [2.24, 2.45) is 0 Å². The molecule has 0 saturated heterocycles. The minimum absolute atomic E-state index is 0.00790. The standard InChI is InChI=1S/C66H85N13O13.C43H83N2O10P/c1-4-91-33-34-92-32-27-59(81)75-53(62(86)68-29-14-6-8-16-31-79-40-46-36-44(22-24-48(46)70-55(66(79)90)38-61(84)85)64(88)77(3)42-57-73-51-19-11-12-20-52(51)74-57)25-26-58(80)67-28-13-5-7-15-30-78-39-45-35-43(21-23-47(45)69-54(65(78)89)37-60(82)83)63(87)76(2)41-56-71-49-17-9-10-18-50(49)72-56;1-4-7-9-11-13-15-17-19-21-23-25-27-29-31-42(48)52-37-39(38-54-56(50,51)53-36-35-45-41(47)34-33-40(46)44-6-3)55-43(49)32-30-28-26-24-22-20-18-16-14-12-10-8-5-2/h9-12,17-24,35-36,53-55,69-70H,4-8,13-16,25-34,37-42H2,1-3H3,(H,67,80)(H,68,86)(H,71,72)(H,73,74)(H,75,81)(H,82,83)(H,84,85);39H,4-38H2,1-3H3,(H,44,46)(H,45,47)(H,50,51)/p-1/t53-,54+,55+;39-/m11/s1. The highest BCUT2D eigenvalue weighted by molar-refractivity contribution is 7.45. The molecule has 2 aromatic heterocycles. The molecule has 8 rings (SSSR count). The highest BCUT2D eigenvalue weighted by atomic mass is 31.2. The van der Waals surface area contributed by atoms with E-state index >= 15 is 0 Å². The van der Waals surface area contributed by atoms with Crippen molar-refractivity contribution in [3.8, 4) is 0 Å². The molecule has 0 bridgehead atoms. The van der Waals surface area contributed by atoms with E-state index in [1.54, 1.807) is 77.0 Å². The second kappa shape index (κ2) is 72.1. The largest absolute Gasteiger partial charge is 0.756 e. The first-order chi connectivity index (χ1) is 71.5. The van der Waals surface area contributed by atoms with Gasteiger partial charge in [0.05, 0.1) is 81.0 Å². The van der Waals surface area contributed by atoms with E-state index < -0.39 is 93.1 Å². The van der Waals surface area contributed by atoms with Crippen LogP contribution in [0.15, 0.2) is 84.9 Å². The van der Waals surface area contributed by atoms with E-state index in [9.17, 15) is 82.0 Å². The van der Waals surface area contributed by atoms with Crippen LogP contribution in [0.3, 0.4) is 0 Å². The van der Waals surface area contributed by atoms with Gasteiger partial charge in [-0.05, 0) is 131 Å². The summed E-state index contributed by atoms with van der Waals surface area (Å²) in [6.45, 7) is 10.6. The van der Waals surface area contributed by atoms with Gasteiger partial charge in [-0.25, -0.2) is 9.97 Å². The molecule has 2 aliphatic heterocycles. The van der Waals surface area contributed by atoms with E-state index in [-0.39, 0.29) is 139 Å². The summed E-state index contributed by atoms with van der Waals surface area (Å²) in [6.07, 6.45) is 34.5. The summed E-state index contributed by atoms with van der Waals surface area (Å²) >= 11 is 0. The molecular weight excluding hydrogens is 1920 g/mol. The Morgan fingerprint density at radius 3 is 1.35 bits per heavy atom. The molecule has 1 unspecified atom stereocenters. The molecule has 11 N–H and O–H groups in total. The molecule has 0 spiro atoms. The number of unbranched alkanes of at least 4 members (excludes halogenated alkanes) is 30. The fourth-order valence-corrected chi connectivity index (χ4v) is 18.3. The molecule has 822 valence electrons. The Hall–Kier alpha value is -11.4. The second-order valence-electron chi connectivity index (χ2n) is 38.4. The number of nitrogens with one attached hydrogen (secondary N) is 9. The molecule has 4 aromatic carbocycles. The van der Waals surface area contributed by atoms with Crippen LogP contribution < -0.4 is 42.1 Å². The number of phosphoric acid groups is 1. The number of H-pyrrole nitrogens is 2. The molecular formula is C109H167N15O23P-. The van der Waals surface area contributed by atoms with Crippen LogP contribution in [0, 0.1) is 0 Å². The maximum atomic E-state index is 13.8. The number of aliphatic carboxylic acids is 2. The molecule has 9 amide bonds. The normalized spacial score (nSPS) is 14.1. The first kappa shape index (κ1) is 123. The second-order valence-corrected chi connectivity index (χ2v) is 39.8. The number of rotatable bonds is 78. The van der Waals surface area contributed by atoms with Crippen molar-refractivity contribution >= 4 is 118 Å². The van der Waals surface area contributed by atoms with Crippen molar-refractivity contribution < 1.29 is 110 Å². The Labute approximate surface area is 873 Å². The lowest BCUT2D eigenvalue weighted by molar-refractivity contribution is -0.228. The lowest BCUT2D eigenvalue weighted by Gasteiger charge is -2.25. The summed E-state index contributed by atoms with van der Waals surface area (Å²) in [5, 5.41) is 39.3. The van der Waals surface area contributed by atoms with E-state index in [4.69, 9.17) is 28.0 Å². The fraction of sp³-hybridized carbons (Fsp3) is 0.642. The predicted octanol–water partition coefficient (Wildman–Crippen LogP) is 15.9. The molecule has 4 heterocycles. The molecule has 148 heavy (non-hydrogen) atoms. The number of esters is 2. The summed E-state index contributed by atoms with van der Waals surface area (Å²) < 4.78 is 43.9. The van der Waals surface area contributed by atoms with Gasteiger partial charge < -0.3 is 110 Å². The van der Waals surface area contributed by atoms with E-state index in [2.05, 4.69) is 71.0 Å². The van der Waals surface area contributed by atoms with Crippen molar-refractivity contribution in [2.45, 2.75) is 354 Å². The Balaban J connectivity index is 0.000000455. The molecule has 0 fully saturated rings. The number of aromatic amines is 2. The Kier molecular flexibility index (Phi) is 60.1. The highest BCUT2D eigenvalue weighted by Crippen LogP contribution is 2.39. The first-order valence-electron chi connectivity index (χ1n) is 54.2. The first-order valence-corrected chi connectivity index (χ1v) is 55.7. The number of nitrogens with zero attached hydrogens (tertiary/aromatic N) is 6. The maximum Gasteiger partial charge on any atom is 0.306 e. The molecule has 2 aliphatic rings. The highest BCUT2D eigenvalue weighted by Gasteiger charge is 2.35. The number of carboxylic acids is 2. The molecule has 0 saturated carbocycles. The third kappa shape index (κ3) is 50.2. The number of fused-ring (bicyclic) bond motifs is 4. The lowest BCUT2D eigenvalue weighted by Crippen LogP contribution is -2.47. The van der Waals surface area contributed by atoms with Gasteiger partial charge in [0.2, 0.25) is 41.4 Å². The number of aromatic nitrogens is 4. The molecule has 39 heteroatoms. The number of hydrogen-bond acceptors (Lipinski definition) is 25. The van der Waals surface area contributed by atoms with Gasteiger partial charge in [0.1, 0.15) is 36.4 Å². The summed E-state index contributed by atoms with van der Waals surface area (Å²) in [6, 6.07) is 22.4. The summed E-state index contributed by atoms with van der Waals surface area (Å²) in [4.78, 5) is 201. The van der Waals surface area contributed by atoms with Crippen molar-refractivity contribution in [1.82, 2.24) is 66.1 Å². The van der Waals surface area contributed by atoms with Crippen LogP contribution >= 0.6 is 7.82 Å². The van der Waals surface area contributed by atoms with Gasteiger partial charge in [-0.2, -0.15) is 0 Å². The van der Waals surface area contributed by atoms with E-state index in [1.165, 1.54) is 116 Å². The van der Waals surface area contributed by atoms with Gasteiger partial charge in [-0.1, -0.05) is 218 Å². The quantitative estimate of drug-likeness (QED) is 0.00959. The number of imidazole rings is 2. The molecule has 6 aromatic rings. The number of para-hydroxylation sites is 4. The van der Waals surface area contributed by atoms with Crippen LogP contribution in [0.25, 0.3) is 22.1 Å². The molecule has 5 atom stereocenters. The van der Waals surface area contributed by atoms with Crippen molar-refractivity contribution in [1.29, 1.82) is 0 Å². The number of hydrogen-bond donors (Lipinski definition) is 11. The molecule has 0 aliphatic carbocycles. The van der Waals surface area contributed by atoms with Crippen LogP contribution in [0.2, 0.25) is 0 Å². The minimum Gasteiger partial charge on any atom is -0.756 e. The monoisotopic (exact) mass is 2090 g/mol. The number of phosphoric ester groups is 1. The Bertz CT molecular complexity index is 5010. The number of carboxylic acid groups (broad SMARTS) is 2. The van der Waals surface area contributed by atoms with Crippen molar-refractivity contribution in [3.05, 3.63) is 119 Å². The fourth-order valence-electron chi connectivity index (χ4n) is 17.6. The van der Waals surface area contributed by atoms with Crippen molar-refractivity contribution in [3.63, 3.8) is 0 Å². The number of carbonyl (C=O) groups is 13. The average Bonchev–Trinajstić information content (AvgIpc) is 1.50. The minimum atomic E-state index is -4.83. The summed E-state index contributed by atoms with van der Waals surface area (Å²) in [5.74, 6) is -4.99. The summed E-state index contributed by atoms with van der Waals surface area (Å²) in [5.41, 5.74) is 6.63. The summed E-state index contributed by atoms with van der Waals surface area (Å²) in [7, 11) is -1.46. The SMILES string of the molecule is CCCCCCCCCCCCCCCC(=O)OC[C@H](COP(=O)([O-])OCCNC(=O)CCC(=O)NCC)OC(=O)CCCCCCCCCCCCCCC.CCOCCOCCC(=O)N[C@H](CCC(=O)NCCCCCCN1Cc2cc(C(=O)N(C)Cc3nc4ccccc4[nH]3)ccc2N[C@@H](CC(=O)O)C1=O)C(=O)NCCCCCCN1Cc2cc(C(=O)N(C)Cc3nc4ccccc4[nH]3)ccc2N[C@@H](CC(=O)O)C1=O. The zero-order chi connectivity index (χ0) is 107. The van der Waals surface area contributed by atoms with Crippen LogP contribution in [-0.2, 0) is 111 Å². The number of ether oxygens (including phenoxy) is 4. The van der Waals surface area contributed by atoms with Gasteiger partial charge in [0.15, 0.2) is 6.10 Å². The lowest BCUT2D eigenvalue weighted by atomic mass is 10.0. The van der Waals surface area contributed by atoms with Crippen LogP contribution in [-0.4, -0.2) is 251 Å². The molecule has 38 nitrogen and oxygen atoms in total. The number of benzene rings is 4. The van der Waals surface area contributed by atoms with Gasteiger partial charge in [-0.15, -0.1) is 0 Å². The zero-order valence-corrected chi connectivity index (χ0v) is 89.3. The number of amides is 9. The van der Waals surface area contributed by atoms with Crippen LogP contribution in [0.4, 0.5) is 11.4 Å². The van der Waals surface area contributed by atoms with Gasteiger partial charge >= 0.3 is 23.9 Å². The average molecular weight is 2090 g/mol. The molecule has 0 radical (unpaired) electrons. The third-order valence-corrected chi connectivity index (χ3v) is 26.8. The smallest absolute Gasteiger partial charge is 0.306 e. The predicted molar refractivity (Wildman–Crippen MR) is 565 cm³/mol. The maximum absolute atomic E-state index is 13.8. The number of carbonyl (C=O) groups excluding carboxylic acids is 11. The van der Waals surface area contributed by atoms with Gasteiger partial charge in [0.25, 0.3) is 19.6 Å². The van der Waals surface area contributed by atoms with E-state index in [1.807, 2.05) is 55.5 Å². The third-order valence-electron chi connectivity index (χ3n) is 25.8.